The van der Waals surface area contributed by atoms with Gasteiger partial charge in [0, 0.05) is 38.5 Å². The topological polar surface area (TPSA) is 127 Å². The smallest absolute Gasteiger partial charge is 0.336 e. The summed E-state index contributed by atoms with van der Waals surface area (Å²) in [7, 11) is 0. The molecule has 10 aromatic rings. The largest absolute Gasteiger partial charge is 0.507 e. The van der Waals surface area contributed by atoms with Crippen molar-refractivity contribution in [3.8, 4) is 17.2 Å². The maximum atomic E-state index is 15.2. The van der Waals surface area contributed by atoms with E-state index in [1.807, 2.05) is 218 Å². The number of hydrogen-bond acceptors (Lipinski definition) is 6. The van der Waals surface area contributed by atoms with Crippen LogP contribution in [0.4, 0.5) is 0 Å². The van der Waals surface area contributed by atoms with Crippen LogP contribution in [0.5, 0.6) is 17.2 Å². The molecule has 0 saturated carbocycles. The van der Waals surface area contributed by atoms with Gasteiger partial charge in [-0.3, -0.25) is 0 Å². The zero-order valence-electron chi connectivity index (χ0n) is 41.6. The van der Waals surface area contributed by atoms with Crippen molar-refractivity contribution >= 4 is 0 Å². The lowest BCUT2D eigenvalue weighted by Crippen LogP contribution is -2.54. The third-order valence-corrected chi connectivity index (χ3v) is 13.8. The Kier molecular flexibility index (Phi) is 14.9. The van der Waals surface area contributed by atoms with E-state index in [-0.39, 0.29) is 36.9 Å². The molecule has 1 heterocycles. The van der Waals surface area contributed by atoms with Crippen molar-refractivity contribution < 1.29 is 15.3 Å². The molecule has 0 amide bonds. The molecule has 1 aromatic heterocycles. The molecule has 0 aliphatic heterocycles. The van der Waals surface area contributed by atoms with Crippen molar-refractivity contribution in [2.24, 2.45) is 0 Å². The van der Waals surface area contributed by atoms with Crippen LogP contribution in [0.2, 0.25) is 0 Å². The maximum Gasteiger partial charge on any atom is 0.336 e. The highest BCUT2D eigenvalue weighted by Gasteiger charge is 2.22. The zero-order valence-corrected chi connectivity index (χ0v) is 41.6. The van der Waals surface area contributed by atoms with E-state index in [2.05, 4.69) is 0 Å². The van der Waals surface area contributed by atoms with Crippen molar-refractivity contribution in [1.29, 1.82) is 0 Å². The molecule has 9 heteroatoms. The minimum absolute atomic E-state index is 0.135. The Morgan fingerprint density at radius 3 is 0.560 bits per heavy atom. The predicted molar refractivity (Wildman–Crippen MR) is 296 cm³/mol. The SMILES string of the molecule is O=c1n(Cc2cc(Cc3ccccc3)c(O)c(Cc3ccccc3)c2)c(=O)n(Cc2cc(Cc3ccccc3)c(O)c(Cc3ccccc3)c2)c(=O)n1Cc1cc(Cc2ccccc2)c(O)c(Cc2ccccc2)c1. The van der Waals surface area contributed by atoms with Crippen LogP contribution in [0.1, 0.15) is 83.5 Å². The fraction of sp³-hybridized carbons (Fsp3) is 0.136. The van der Waals surface area contributed by atoms with E-state index in [9.17, 15) is 15.3 Å². The van der Waals surface area contributed by atoms with E-state index >= 15 is 14.4 Å². The van der Waals surface area contributed by atoms with Crippen molar-refractivity contribution in [2.45, 2.75) is 58.2 Å². The van der Waals surface area contributed by atoms with E-state index in [0.717, 1.165) is 47.1 Å². The minimum atomic E-state index is -0.800. The first-order chi connectivity index (χ1) is 36.6. The third kappa shape index (κ3) is 11.9. The van der Waals surface area contributed by atoms with Crippen LogP contribution in [0.25, 0.3) is 0 Å². The summed E-state index contributed by atoms with van der Waals surface area (Å²) in [6.07, 6.45) is 2.39. The first kappa shape index (κ1) is 49.4. The van der Waals surface area contributed by atoms with Crippen LogP contribution >= 0.6 is 0 Å². The number of aromatic nitrogens is 3. The fourth-order valence-electron chi connectivity index (χ4n) is 10.1. The van der Waals surface area contributed by atoms with Gasteiger partial charge in [0.25, 0.3) is 0 Å². The quantitative estimate of drug-likeness (QED) is 0.0786. The van der Waals surface area contributed by atoms with E-state index < -0.39 is 17.1 Å². The molecule has 3 N–H and O–H groups in total. The predicted octanol–water partition coefficient (Wildman–Crippen LogP) is 11.0. The first-order valence-corrected chi connectivity index (χ1v) is 25.3. The Morgan fingerprint density at radius 2 is 0.400 bits per heavy atom. The molecule has 0 aliphatic carbocycles. The molecule has 0 saturated heterocycles. The molecule has 0 unspecified atom stereocenters. The summed E-state index contributed by atoms with van der Waals surface area (Å²) in [5.74, 6) is 0.406. The summed E-state index contributed by atoms with van der Waals surface area (Å²) in [4.78, 5) is 45.6. The summed E-state index contributed by atoms with van der Waals surface area (Å²) >= 11 is 0. The number of phenolic OH excluding ortho intramolecular Hbond substituents is 3. The lowest BCUT2D eigenvalue weighted by molar-refractivity contribution is 0.461. The molecule has 372 valence electrons. The summed E-state index contributed by atoms with van der Waals surface area (Å²) in [6, 6.07) is 69.8. The number of hydrogen-bond donors (Lipinski definition) is 3. The van der Waals surface area contributed by atoms with Gasteiger partial charge in [-0.25, -0.2) is 28.1 Å². The van der Waals surface area contributed by atoms with Gasteiger partial charge in [0.15, 0.2) is 0 Å². The molecule has 0 aliphatic rings. The molecule has 9 nitrogen and oxygen atoms in total. The van der Waals surface area contributed by atoms with Gasteiger partial charge in [-0.1, -0.05) is 182 Å². The van der Waals surface area contributed by atoms with Crippen LogP contribution in [0.3, 0.4) is 0 Å². The highest BCUT2D eigenvalue weighted by atomic mass is 16.3. The van der Waals surface area contributed by atoms with Crippen LogP contribution in [-0.4, -0.2) is 29.0 Å². The summed E-state index contributed by atoms with van der Waals surface area (Å²) in [6.45, 7) is -0.613. The summed E-state index contributed by atoms with van der Waals surface area (Å²) < 4.78 is 3.33. The molecule has 0 fully saturated rings. The van der Waals surface area contributed by atoms with Gasteiger partial charge in [0.05, 0.1) is 19.6 Å². The highest BCUT2D eigenvalue weighted by Crippen LogP contribution is 2.33. The number of nitrogens with zero attached hydrogens (tertiary/aromatic N) is 3. The van der Waals surface area contributed by atoms with E-state index in [1.165, 1.54) is 0 Å². The van der Waals surface area contributed by atoms with Gasteiger partial charge in [-0.15, -0.1) is 0 Å². The van der Waals surface area contributed by atoms with Crippen LogP contribution in [0.15, 0.2) is 233 Å². The monoisotopic (exact) mass is 987 g/mol. The van der Waals surface area contributed by atoms with Crippen molar-refractivity contribution in [3.05, 3.63) is 333 Å². The second-order valence-electron chi connectivity index (χ2n) is 19.4. The Morgan fingerprint density at radius 1 is 0.240 bits per heavy atom. The molecule has 0 bridgehead atoms. The standard InChI is InChI=1S/C66H57N3O6/c70-61-55(31-46-19-7-1-8-20-46)37-52(38-56(61)32-47-21-9-2-10-22-47)43-67-64(73)68(44-53-39-57(33-48-23-11-3-12-24-48)62(71)58(40-53)34-49-25-13-4-14-26-49)66(75)69(65(67)74)45-54-41-59(35-50-27-15-5-16-28-50)63(72)60(42-54)36-51-29-17-6-18-30-51/h1-30,37-42,70-72H,31-36,43-45H2. The highest BCUT2D eigenvalue weighted by molar-refractivity contribution is 5.51. The maximum absolute atomic E-state index is 15.2. The van der Waals surface area contributed by atoms with Gasteiger partial charge >= 0.3 is 17.1 Å². The average molecular weight is 988 g/mol. The van der Waals surface area contributed by atoms with Crippen LogP contribution < -0.4 is 17.1 Å². The van der Waals surface area contributed by atoms with Crippen molar-refractivity contribution in [3.63, 3.8) is 0 Å². The van der Waals surface area contributed by atoms with Gasteiger partial charge < -0.3 is 15.3 Å². The molecular formula is C66H57N3O6. The Labute approximate surface area is 435 Å². The third-order valence-electron chi connectivity index (χ3n) is 13.8. The fourth-order valence-corrected chi connectivity index (χ4v) is 10.1. The summed E-state index contributed by atoms with van der Waals surface area (Å²) in [5, 5.41) is 35.5. The van der Waals surface area contributed by atoms with Gasteiger partial charge in [0.1, 0.15) is 17.2 Å². The average Bonchev–Trinajstić information content (AvgIpc) is 3.43. The van der Waals surface area contributed by atoms with Crippen LogP contribution in [-0.2, 0) is 58.2 Å². The lowest BCUT2D eigenvalue weighted by Gasteiger charge is -2.19. The van der Waals surface area contributed by atoms with Gasteiger partial charge in [-0.05, 0) is 120 Å². The number of rotatable bonds is 18. The second-order valence-corrected chi connectivity index (χ2v) is 19.4. The molecule has 0 spiro atoms. The first-order valence-electron chi connectivity index (χ1n) is 25.3. The Bertz CT molecular complexity index is 3150. The zero-order chi connectivity index (χ0) is 51.7. The summed E-state index contributed by atoms with van der Waals surface area (Å²) in [5.41, 5.74) is 9.04. The Balaban J connectivity index is 1.13. The normalized spacial score (nSPS) is 11.2. The molecule has 0 radical (unpaired) electrons. The minimum Gasteiger partial charge on any atom is -0.507 e. The van der Waals surface area contributed by atoms with E-state index in [4.69, 9.17) is 0 Å². The van der Waals surface area contributed by atoms with Crippen molar-refractivity contribution in [2.75, 3.05) is 0 Å². The Hall–Kier alpha value is -9.21. The van der Waals surface area contributed by atoms with Gasteiger partial charge in [-0.2, -0.15) is 0 Å². The van der Waals surface area contributed by atoms with E-state index in [1.54, 1.807) is 0 Å². The van der Waals surface area contributed by atoms with Gasteiger partial charge in [0.2, 0.25) is 0 Å². The van der Waals surface area contributed by atoms with Crippen LogP contribution in [0, 0.1) is 0 Å². The molecule has 0 atom stereocenters. The molecular weight excluding hydrogens is 931 g/mol. The lowest BCUT2D eigenvalue weighted by atomic mass is 9.95. The molecule has 9 aromatic carbocycles. The molecule has 75 heavy (non-hydrogen) atoms. The number of aromatic hydroxyl groups is 3. The number of phenols is 3. The van der Waals surface area contributed by atoms with E-state index in [0.29, 0.717) is 88.6 Å². The number of benzene rings is 9. The van der Waals surface area contributed by atoms with Crippen molar-refractivity contribution in [1.82, 2.24) is 13.7 Å². The molecule has 10 rings (SSSR count). The second kappa shape index (κ2) is 22.7.